The first kappa shape index (κ1) is 27.7. The first-order valence-corrected chi connectivity index (χ1v) is 14.9. The second-order valence-corrected chi connectivity index (χ2v) is 12.4. The molecular formula is C32H37ClN6O2. The van der Waals surface area contributed by atoms with Crippen molar-refractivity contribution >= 4 is 29.4 Å². The van der Waals surface area contributed by atoms with E-state index in [4.69, 9.17) is 11.6 Å². The van der Waals surface area contributed by atoms with Gasteiger partial charge in [-0.15, -0.1) is 0 Å². The summed E-state index contributed by atoms with van der Waals surface area (Å²) in [6, 6.07) is 13.0. The van der Waals surface area contributed by atoms with E-state index in [1.54, 1.807) is 12.1 Å². The molecule has 8 nitrogen and oxygen atoms in total. The number of aromatic nitrogens is 2. The molecule has 2 aromatic carbocycles. The van der Waals surface area contributed by atoms with Crippen LogP contribution in [-0.2, 0) is 13.0 Å². The van der Waals surface area contributed by atoms with Crippen LogP contribution in [-0.4, -0.2) is 71.9 Å². The molecule has 3 aliphatic rings. The van der Waals surface area contributed by atoms with E-state index in [9.17, 15) is 9.59 Å². The maximum Gasteiger partial charge on any atom is 0.253 e. The van der Waals surface area contributed by atoms with Crippen molar-refractivity contribution < 1.29 is 9.59 Å². The fourth-order valence-electron chi connectivity index (χ4n) is 6.57. The third kappa shape index (κ3) is 5.81. The van der Waals surface area contributed by atoms with Gasteiger partial charge in [0.25, 0.3) is 11.8 Å². The van der Waals surface area contributed by atoms with Gasteiger partial charge in [-0.05, 0) is 86.0 Å². The van der Waals surface area contributed by atoms with Gasteiger partial charge in [0, 0.05) is 57.3 Å². The number of carbonyl (C=O) groups is 2. The van der Waals surface area contributed by atoms with E-state index >= 15 is 0 Å². The summed E-state index contributed by atoms with van der Waals surface area (Å²) in [6.45, 7) is 4.49. The molecule has 2 amide bonds. The minimum absolute atomic E-state index is 0.0910. The zero-order valence-corrected chi connectivity index (χ0v) is 24.5. The van der Waals surface area contributed by atoms with Crippen LogP contribution in [0.2, 0.25) is 5.02 Å². The van der Waals surface area contributed by atoms with Crippen LogP contribution in [0.25, 0.3) is 0 Å². The number of hydrogen-bond donors (Lipinski definition) is 1. The first-order valence-electron chi connectivity index (χ1n) is 14.5. The number of fused-ring (bicyclic) bond motifs is 1. The SMILES string of the molecule is CN(C)c1ncc(CN2CCC3(CC2)CCN(C(=O)c2ccc4c(c2)C(NC(=O)c2ccccc2Cl)CC4)C3)cn1. The molecule has 9 heteroatoms. The van der Waals surface area contributed by atoms with Crippen molar-refractivity contribution in [2.75, 3.05) is 45.2 Å². The van der Waals surface area contributed by atoms with E-state index < -0.39 is 0 Å². The van der Waals surface area contributed by atoms with Crippen molar-refractivity contribution in [2.45, 2.75) is 44.7 Å². The van der Waals surface area contributed by atoms with Crippen molar-refractivity contribution in [3.8, 4) is 0 Å². The third-order valence-electron chi connectivity index (χ3n) is 9.03. The Hall–Kier alpha value is -3.49. The summed E-state index contributed by atoms with van der Waals surface area (Å²) in [6.07, 6.45) is 8.78. The Morgan fingerprint density at radius 1 is 1.05 bits per heavy atom. The molecule has 1 unspecified atom stereocenters. The fraction of sp³-hybridized carbons (Fsp3) is 0.438. The van der Waals surface area contributed by atoms with Gasteiger partial charge in [-0.25, -0.2) is 9.97 Å². The molecule has 1 atom stereocenters. The second kappa shape index (κ2) is 11.4. The highest BCUT2D eigenvalue weighted by atomic mass is 35.5. The van der Waals surface area contributed by atoms with Crippen LogP contribution in [0, 0.1) is 5.41 Å². The number of rotatable bonds is 6. The Kier molecular flexibility index (Phi) is 7.70. The second-order valence-electron chi connectivity index (χ2n) is 12.0. The van der Waals surface area contributed by atoms with E-state index in [0.29, 0.717) is 16.1 Å². The number of likely N-dealkylation sites (tertiary alicyclic amines) is 2. The molecular weight excluding hydrogens is 536 g/mol. The summed E-state index contributed by atoms with van der Waals surface area (Å²) in [4.78, 5) is 41.9. The number of piperidine rings is 1. The van der Waals surface area contributed by atoms with E-state index in [-0.39, 0.29) is 23.3 Å². The number of nitrogens with one attached hydrogen (secondary N) is 1. The van der Waals surface area contributed by atoms with Crippen LogP contribution < -0.4 is 10.2 Å². The number of nitrogens with zero attached hydrogens (tertiary/aromatic N) is 5. The summed E-state index contributed by atoms with van der Waals surface area (Å²) in [7, 11) is 3.89. The lowest BCUT2D eigenvalue weighted by molar-refractivity contribution is 0.0713. The van der Waals surface area contributed by atoms with Gasteiger partial charge >= 0.3 is 0 Å². The lowest BCUT2D eigenvalue weighted by Crippen LogP contribution is -2.42. The summed E-state index contributed by atoms with van der Waals surface area (Å²) in [5.41, 5.74) is 4.74. The Balaban J connectivity index is 1.06. The van der Waals surface area contributed by atoms with Crippen LogP contribution in [0.1, 0.15) is 69.1 Å². The minimum atomic E-state index is -0.184. The highest BCUT2D eigenvalue weighted by Crippen LogP contribution is 2.41. The third-order valence-corrected chi connectivity index (χ3v) is 9.36. The molecule has 1 aliphatic carbocycles. The number of anilines is 1. The average molecular weight is 573 g/mol. The van der Waals surface area contributed by atoms with E-state index in [1.807, 2.05) is 60.6 Å². The van der Waals surface area contributed by atoms with Crippen LogP contribution in [0.4, 0.5) is 5.95 Å². The quantitative estimate of drug-likeness (QED) is 0.459. The molecule has 0 radical (unpaired) electrons. The molecule has 1 N–H and O–H groups in total. The molecule has 214 valence electrons. The predicted octanol–water partition coefficient (Wildman–Crippen LogP) is 4.74. The van der Waals surface area contributed by atoms with Gasteiger partial charge in [0.2, 0.25) is 5.95 Å². The summed E-state index contributed by atoms with van der Waals surface area (Å²) >= 11 is 6.24. The Morgan fingerprint density at radius 3 is 2.51 bits per heavy atom. The number of carbonyl (C=O) groups excluding carboxylic acids is 2. The van der Waals surface area contributed by atoms with Crippen molar-refractivity contribution in [1.29, 1.82) is 0 Å². The minimum Gasteiger partial charge on any atom is -0.347 e. The fourth-order valence-corrected chi connectivity index (χ4v) is 6.79. The molecule has 2 fully saturated rings. The smallest absolute Gasteiger partial charge is 0.253 e. The van der Waals surface area contributed by atoms with Crippen molar-refractivity contribution in [3.63, 3.8) is 0 Å². The Morgan fingerprint density at radius 2 is 1.78 bits per heavy atom. The normalized spacial score (nSPS) is 19.8. The summed E-state index contributed by atoms with van der Waals surface area (Å²) < 4.78 is 0. The average Bonchev–Trinajstić information content (AvgIpc) is 3.58. The molecule has 2 aliphatic heterocycles. The predicted molar refractivity (Wildman–Crippen MR) is 160 cm³/mol. The van der Waals surface area contributed by atoms with Crippen LogP contribution in [0.3, 0.4) is 0 Å². The Bertz CT molecular complexity index is 1430. The van der Waals surface area contributed by atoms with Crippen molar-refractivity contribution in [2.24, 2.45) is 5.41 Å². The summed E-state index contributed by atoms with van der Waals surface area (Å²) in [5.74, 6) is 0.632. The van der Waals surface area contributed by atoms with Crippen LogP contribution in [0.5, 0.6) is 0 Å². The monoisotopic (exact) mass is 572 g/mol. The maximum absolute atomic E-state index is 13.6. The molecule has 3 aromatic rings. The molecule has 0 bridgehead atoms. The zero-order valence-electron chi connectivity index (χ0n) is 23.8. The van der Waals surface area contributed by atoms with Gasteiger partial charge in [-0.1, -0.05) is 29.8 Å². The largest absolute Gasteiger partial charge is 0.347 e. The van der Waals surface area contributed by atoms with Gasteiger partial charge in [-0.3, -0.25) is 14.5 Å². The van der Waals surface area contributed by atoms with E-state index in [1.165, 1.54) is 5.56 Å². The van der Waals surface area contributed by atoms with E-state index in [0.717, 1.165) is 81.9 Å². The lowest BCUT2D eigenvalue weighted by Gasteiger charge is -2.39. The topological polar surface area (TPSA) is 81.7 Å². The van der Waals surface area contributed by atoms with Gasteiger partial charge < -0.3 is 15.1 Å². The van der Waals surface area contributed by atoms with Crippen LogP contribution in [0.15, 0.2) is 54.9 Å². The number of amides is 2. The molecule has 0 saturated carbocycles. The van der Waals surface area contributed by atoms with Crippen molar-refractivity contribution in [1.82, 2.24) is 25.1 Å². The highest BCUT2D eigenvalue weighted by molar-refractivity contribution is 6.33. The number of hydrogen-bond acceptors (Lipinski definition) is 6. The molecule has 41 heavy (non-hydrogen) atoms. The molecule has 6 rings (SSSR count). The first-order chi connectivity index (χ1) is 19.8. The number of benzene rings is 2. The standard InChI is InChI=1S/C32H37ClN6O2/c1-37(2)31-34-18-22(19-35-31)20-38-14-11-32(12-15-38)13-16-39(21-32)30(41)24-8-7-23-9-10-28(26(23)17-24)36-29(40)25-5-3-4-6-27(25)33/h3-8,17-19,28H,9-16,20-21H2,1-2H3,(H,36,40). The van der Waals surface area contributed by atoms with Crippen molar-refractivity contribution in [3.05, 3.63) is 87.7 Å². The Labute approximate surface area is 246 Å². The molecule has 1 aromatic heterocycles. The lowest BCUT2D eigenvalue weighted by atomic mass is 9.77. The van der Waals surface area contributed by atoms with Gasteiger partial charge in [0.15, 0.2) is 0 Å². The number of halogens is 1. The van der Waals surface area contributed by atoms with Gasteiger partial charge in [-0.2, -0.15) is 0 Å². The highest BCUT2D eigenvalue weighted by Gasteiger charge is 2.42. The molecule has 1 spiro atoms. The van der Waals surface area contributed by atoms with Gasteiger partial charge in [0.05, 0.1) is 16.6 Å². The van der Waals surface area contributed by atoms with E-state index in [2.05, 4.69) is 26.3 Å². The summed E-state index contributed by atoms with van der Waals surface area (Å²) in [5, 5.41) is 3.58. The number of aryl methyl sites for hydroxylation is 1. The van der Waals surface area contributed by atoms with Gasteiger partial charge in [0.1, 0.15) is 0 Å². The zero-order chi connectivity index (χ0) is 28.6. The molecule has 3 heterocycles. The van der Waals surface area contributed by atoms with Crippen LogP contribution >= 0.6 is 11.6 Å². The molecule has 2 saturated heterocycles. The maximum atomic E-state index is 13.6.